The van der Waals surface area contributed by atoms with Crippen molar-refractivity contribution in [2.45, 2.75) is 51.9 Å². The van der Waals surface area contributed by atoms with Crippen molar-refractivity contribution in [3.05, 3.63) is 23.8 Å². The van der Waals surface area contributed by atoms with E-state index in [1.807, 2.05) is 13.1 Å². The Morgan fingerprint density at radius 3 is 2.19 bits per heavy atom. The van der Waals surface area contributed by atoms with E-state index in [0.717, 1.165) is 0 Å². The number of halogens is 3. The number of nitrogen functional groups attached to an aromatic ring is 1. The van der Waals surface area contributed by atoms with Gasteiger partial charge in [-0.25, -0.2) is 0 Å². The molecular formula is C14H22F3NO2Si. The van der Waals surface area contributed by atoms with Crippen LogP contribution in [0.3, 0.4) is 0 Å². The van der Waals surface area contributed by atoms with E-state index >= 15 is 0 Å². The van der Waals surface area contributed by atoms with Gasteiger partial charge in [-0.3, -0.25) is 0 Å². The van der Waals surface area contributed by atoms with Crippen LogP contribution in [-0.2, 0) is 11.0 Å². The molecule has 0 heterocycles. The molecule has 0 bridgehead atoms. The average molecular weight is 321 g/mol. The molecule has 0 aliphatic carbocycles. The zero-order chi connectivity index (χ0) is 16.5. The zero-order valence-electron chi connectivity index (χ0n) is 13.0. The predicted octanol–water partition coefficient (Wildman–Crippen LogP) is 4.69. The molecule has 120 valence electrons. The van der Waals surface area contributed by atoms with Gasteiger partial charge in [0.05, 0.1) is 6.61 Å². The van der Waals surface area contributed by atoms with Crippen molar-refractivity contribution in [1.82, 2.24) is 0 Å². The molecule has 0 atom stereocenters. The summed E-state index contributed by atoms with van der Waals surface area (Å²) in [6.45, 7) is 10.3. The Morgan fingerprint density at radius 2 is 1.71 bits per heavy atom. The number of hydrogen-bond acceptors (Lipinski definition) is 3. The van der Waals surface area contributed by atoms with E-state index in [9.17, 15) is 13.2 Å². The van der Waals surface area contributed by atoms with Crippen molar-refractivity contribution in [2.24, 2.45) is 0 Å². The van der Waals surface area contributed by atoms with Crippen molar-refractivity contribution in [3.8, 4) is 5.75 Å². The predicted molar refractivity (Wildman–Crippen MR) is 79.5 cm³/mol. The van der Waals surface area contributed by atoms with Gasteiger partial charge in [0.15, 0.2) is 8.32 Å². The van der Waals surface area contributed by atoms with E-state index in [2.05, 4.69) is 25.5 Å². The van der Waals surface area contributed by atoms with Crippen molar-refractivity contribution in [1.29, 1.82) is 0 Å². The third-order valence-electron chi connectivity index (χ3n) is 3.70. The van der Waals surface area contributed by atoms with Crippen molar-refractivity contribution in [2.75, 3.05) is 5.73 Å². The smallest absolute Gasteiger partial charge is 0.412 e. The maximum atomic E-state index is 12.4. The van der Waals surface area contributed by atoms with Crippen LogP contribution in [0.25, 0.3) is 0 Å². The van der Waals surface area contributed by atoms with Crippen molar-refractivity contribution >= 4 is 14.0 Å². The van der Waals surface area contributed by atoms with Crippen molar-refractivity contribution in [3.63, 3.8) is 0 Å². The van der Waals surface area contributed by atoms with Gasteiger partial charge in [0.1, 0.15) is 5.75 Å². The molecule has 0 saturated carbocycles. The fourth-order valence-corrected chi connectivity index (χ4v) is 2.36. The van der Waals surface area contributed by atoms with Gasteiger partial charge >= 0.3 is 6.36 Å². The van der Waals surface area contributed by atoms with E-state index in [1.165, 1.54) is 18.2 Å². The molecular weight excluding hydrogens is 299 g/mol. The zero-order valence-corrected chi connectivity index (χ0v) is 14.0. The number of benzene rings is 1. The Bertz CT molecular complexity index is 496. The largest absolute Gasteiger partial charge is 0.573 e. The topological polar surface area (TPSA) is 44.5 Å². The molecule has 0 aliphatic heterocycles. The summed E-state index contributed by atoms with van der Waals surface area (Å²) < 4.78 is 47.1. The second-order valence-corrected chi connectivity index (χ2v) is 11.3. The summed E-state index contributed by atoms with van der Waals surface area (Å²) in [6, 6.07) is 4.04. The first-order valence-corrected chi connectivity index (χ1v) is 9.51. The molecule has 0 amide bonds. The quantitative estimate of drug-likeness (QED) is 0.646. The number of alkyl halides is 3. The Kier molecular flexibility index (Phi) is 5.00. The van der Waals surface area contributed by atoms with Gasteiger partial charge in [-0.2, -0.15) is 0 Å². The summed E-state index contributed by atoms with van der Waals surface area (Å²) in [5, 5.41) is -0.0294. The van der Waals surface area contributed by atoms with E-state index in [4.69, 9.17) is 10.2 Å². The highest BCUT2D eigenvalue weighted by molar-refractivity contribution is 6.74. The van der Waals surface area contributed by atoms with Crippen LogP contribution < -0.4 is 10.5 Å². The number of ether oxygens (including phenoxy) is 1. The fourth-order valence-electron chi connectivity index (χ4n) is 1.41. The molecule has 0 fully saturated rings. The number of anilines is 1. The molecule has 7 heteroatoms. The van der Waals surface area contributed by atoms with Crippen LogP contribution in [0.5, 0.6) is 5.75 Å². The van der Waals surface area contributed by atoms with Crippen LogP contribution in [0, 0.1) is 0 Å². The Morgan fingerprint density at radius 1 is 1.14 bits per heavy atom. The number of hydrogen-bond donors (Lipinski definition) is 1. The molecule has 2 N–H and O–H groups in total. The van der Waals surface area contributed by atoms with Gasteiger partial charge in [-0.05, 0) is 36.3 Å². The maximum Gasteiger partial charge on any atom is 0.573 e. The lowest BCUT2D eigenvalue weighted by Gasteiger charge is -2.36. The Hall–Kier alpha value is -1.21. The fraction of sp³-hybridized carbons (Fsp3) is 0.571. The highest BCUT2D eigenvalue weighted by Gasteiger charge is 2.37. The van der Waals surface area contributed by atoms with E-state index < -0.39 is 14.7 Å². The summed E-state index contributed by atoms with van der Waals surface area (Å²) in [4.78, 5) is 0. The second-order valence-electron chi connectivity index (χ2n) is 6.46. The van der Waals surface area contributed by atoms with Gasteiger partial charge in [0, 0.05) is 11.3 Å². The highest BCUT2D eigenvalue weighted by atomic mass is 28.4. The molecule has 1 aromatic rings. The monoisotopic (exact) mass is 321 g/mol. The lowest BCUT2D eigenvalue weighted by Crippen LogP contribution is -2.40. The van der Waals surface area contributed by atoms with Crippen LogP contribution >= 0.6 is 0 Å². The van der Waals surface area contributed by atoms with Gasteiger partial charge in [0.25, 0.3) is 0 Å². The molecule has 3 nitrogen and oxygen atoms in total. The molecule has 0 aromatic heterocycles. The molecule has 1 rings (SSSR count). The first-order valence-electron chi connectivity index (χ1n) is 6.60. The van der Waals surface area contributed by atoms with Crippen LogP contribution in [0.1, 0.15) is 26.3 Å². The normalized spacial score (nSPS) is 13.3. The molecule has 0 saturated heterocycles. The average Bonchev–Trinajstić information content (AvgIpc) is 2.26. The lowest BCUT2D eigenvalue weighted by molar-refractivity contribution is -0.275. The second kappa shape index (κ2) is 5.88. The van der Waals surface area contributed by atoms with Crippen LogP contribution in [0.15, 0.2) is 18.2 Å². The summed E-state index contributed by atoms with van der Waals surface area (Å²) in [5.41, 5.74) is 6.31. The van der Waals surface area contributed by atoms with Crippen LogP contribution in [0.2, 0.25) is 18.1 Å². The first kappa shape index (κ1) is 17.8. The molecule has 21 heavy (non-hydrogen) atoms. The van der Waals surface area contributed by atoms with Gasteiger partial charge in [-0.15, -0.1) is 13.2 Å². The minimum absolute atomic E-state index is 0.0294. The van der Waals surface area contributed by atoms with Crippen molar-refractivity contribution < 1.29 is 22.3 Å². The first-order chi connectivity index (χ1) is 9.32. The van der Waals surface area contributed by atoms with Gasteiger partial charge in [0.2, 0.25) is 0 Å². The molecule has 0 aliphatic rings. The molecule has 0 unspecified atom stereocenters. The summed E-state index contributed by atoms with van der Waals surface area (Å²) in [6.07, 6.45) is -4.73. The summed E-state index contributed by atoms with van der Waals surface area (Å²) in [7, 11) is -2.06. The van der Waals surface area contributed by atoms with E-state index in [1.54, 1.807) is 0 Å². The van der Waals surface area contributed by atoms with E-state index in [-0.39, 0.29) is 17.4 Å². The number of rotatable bonds is 4. The summed E-state index contributed by atoms with van der Waals surface area (Å²) >= 11 is 0. The highest BCUT2D eigenvalue weighted by Crippen LogP contribution is 2.38. The van der Waals surface area contributed by atoms with Crippen LogP contribution in [0.4, 0.5) is 18.9 Å². The minimum Gasteiger partial charge on any atom is -0.412 e. The van der Waals surface area contributed by atoms with Gasteiger partial charge in [-0.1, -0.05) is 20.8 Å². The standard InChI is InChI=1S/C14H22F3NO2Si/c1-13(2,3)21(4,5)19-9-10-8-11(18)6-7-12(10)20-14(15,16)17/h6-8H,9,18H2,1-5H3. The molecule has 0 radical (unpaired) electrons. The Labute approximate surface area is 124 Å². The SMILES string of the molecule is CC(C)(C)[Si](C)(C)OCc1cc(N)ccc1OC(F)(F)F. The number of nitrogens with two attached hydrogens (primary N) is 1. The maximum absolute atomic E-state index is 12.4. The third kappa shape index (κ3) is 5.24. The van der Waals surface area contributed by atoms with E-state index in [0.29, 0.717) is 11.3 Å². The molecule has 1 aromatic carbocycles. The van der Waals surface area contributed by atoms with Crippen LogP contribution in [-0.4, -0.2) is 14.7 Å². The Balaban J connectivity index is 2.95. The summed E-state index contributed by atoms with van der Waals surface area (Å²) in [5.74, 6) is -0.268. The third-order valence-corrected chi connectivity index (χ3v) is 8.18. The van der Waals surface area contributed by atoms with Gasteiger partial charge < -0.3 is 14.9 Å². The lowest BCUT2D eigenvalue weighted by atomic mass is 10.2. The minimum atomic E-state index is -4.73. The molecule has 0 spiro atoms.